The number of rotatable bonds is 2. The van der Waals surface area contributed by atoms with Crippen molar-refractivity contribution < 1.29 is 4.48 Å². The van der Waals surface area contributed by atoms with E-state index in [-0.39, 0.29) is 12.4 Å². The molecule has 0 N–H and O–H groups in total. The predicted octanol–water partition coefficient (Wildman–Crippen LogP) is 2.82. The van der Waals surface area contributed by atoms with Crippen molar-refractivity contribution in [1.29, 1.82) is 0 Å². The highest BCUT2D eigenvalue weighted by atomic mass is 35.5. The fourth-order valence-corrected chi connectivity index (χ4v) is 0.772. The molecule has 0 aliphatic carbocycles. The van der Waals surface area contributed by atoms with E-state index in [9.17, 15) is 4.48 Å². The SMILES string of the molecule is CCN(F)c1ccccc1.Cl. The van der Waals surface area contributed by atoms with Crippen molar-refractivity contribution in [2.75, 3.05) is 11.7 Å². The van der Waals surface area contributed by atoms with Crippen LogP contribution in [-0.4, -0.2) is 6.54 Å². The molecule has 1 aromatic carbocycles. The average molecular weight is 176 g/mol. The summed E-state index contributed by atoms with van der Waals surface area (Å²) in [5.74, 6) is 0. The van der Waals surface area contributed by atoms with Gasteiger partial charge in [0.05, 0.1) is 5.69 Å². The summed E-state index contributed by atoms with van der Waals surface area (Å²) in [5.41, 5.74) is 0.616. The van der Waals surface area contributed by atoms with Crippen molar-refractivity contribution in [1.82, 2.24) is 0 Å². The van der Waals surface area contributed by atoms with Crippen LogP contribution in [0, 0.1) is 0 Å². The maximum Gasteiger partial charge on any atom is 0.0687 e. The zero-order valence-electron chi connectivity index (χ0n) is 6.33. The van der Waals surface area contributed by atoms with Crippen molar-refractivity contribution >= 4 is 18.1 Å². The number of para-hydroxylation sites is 1. The van der Waals surface area contributed by atoms with E-state index in [1.165, 1.54) is 0 Å². The van der Waals surface area contributed by atoms with E-state index in [0.29, 0.717) is 17.4 Å². The third-order valence-corrected chi connectivity index (χ3v) is 1.31. The fourth-order valence-electron chi connectivity index (χ4n) is 0.772. The zero-order valence-corrected chi connectivity index (χ0v) is 7.14. The summed E-state index contributed by atoms with van der Waals surface area (Å²) in [6.45, 7) is 2.16. The number of hydrogen-bond acceptors (Lipinski definition) is 1. The molecule has 0 spiro atoms. The predicted molar refractivity (Wildman–Crippen MR) is 47.8 cm³/mol. The summed E-state index contributed by atoms with van der Waals surface area (Å²) < 4.78 is 12.7. The van der Waals surface area contributed by atoms with Gasteiger partial charge in [0.2, 0.25) is 0 Å². The Morgan fingerprint density at radius 1 is 1.27 bits per heavy atom. The molecule has 0 bridgehead atoms. The molecule has 1 rings (SSSR count). The Hall–Kier alpha value is -0.760. The molecule has 0 radical (unpaired) electrons. The molecule has 0 aliphatic rings. The summed E-state index contributed by atoms with van der Waals surface area (Å²) in [6, 6.07) is 8.98. The number of anilines is 1. The van der Waals surface area contributed by atoms with Crippen LogP contribution >= 0.6 is 12.4 Å². The molecule has 1 nitrogen and oxygen atoms in total. The lowest BCUT2D eigenvalue weighted by atomic mass is 10.3. The molecular weight excluding hydrogens is 165 g/mol. The largest absolute Gasteiger partial charge is 0.212 e. The second kappa shape index (κ2) is 4.97. The zero-order chi connectivity index (χ0) is 7.40. The molecule has 0 heterocycles. The number of halogens is 2. The van der Waals surface area contributed by atoms with E-state index in [1.807, 2.05) is 18.2 Å². The van der Waals surface area contributed by atoms with Crippen molar-refractivity contribution in [2.45, 2.75) is 6.92 Å². The molecule has 1 aromatic rings. The Morgan fingerprint density at radius 3 is 2.27 bits per heavy atom. The van der Waals surface area contributed by atoms with Gasteiger partial charge < -0.3 is 0 Å². The Bertz CT molecular complexity index is 191. The smallest absolute Gasteiger partial charge is 0.0687 e. The third kappa shape index (κ3) is 2.76. The molecule has 62 valence electrons. The first-order chi connectivity index (χ1) is 4.84. The first-order valence-corrected chi connectivity index (χ1v) is 3.33. The summed E-state index contributed by atoms with van der Waals surface area (Å²) >= 11 is 0. The Balaban J connectivity index is 0.000001000. The maximum absolute atomic E-state index is 12.7. The Morgan fingerprint density at radius 2 is 1.82 bits per heavy atom. The standard InChI is InChI=1S/C8H10FN.ClH/c1-2-10(9)8-6-4-3-5-7-8;/h3-7H,2H2,1H3;1H. The molecule has 0 saturated carbocycles. The van der Waals surface area contributed by atoms with Gasteiger partial charge in [-0.2, -0.15) is 0 Å². The van der Waals surface area contributed by atoms with Crippen LogP contribution < -0.4 is 5.12 Å². The van der Waals surface area contributed by atoms with E-state index < -0.39 is 0 Å². The van der Waals surface area contributed by atoms with Gasteiger partial charge in [-0.05, 0) is 19.1 Å². The summed E-state index contributed by atoms with van der Waals surface area (Å²) in [6.07, 6.45) is 0. The minimum Gasteiger partial charge on any atom is -0.212 e. The van der Waals surface area contributed by atoms with Crippen LogP contribution in [0.3, 0.4) is 0 Å². The Labute approximate surface area is 72.2 Å². The highest BCUT2D eigenvalue weighted by molar-refractivity contribution is 5.85. The summed E-state index contributed by atoms with van der Waals surface area (Å²) in [5, 5.41) is 0.708. The van der Waals surface area contributed by atoms with Crippen LogP contribution in [0.1, 0.15) is 6.92 Å². The molecule has 0 aliphatic heterocycles. The molecule has 0 saturated heterocycles. The van der Waals surface area contributed by atoms with Gasteiger partial charge in [-0.1, -0.05) is 22.7 Å². The first kappa shape index (κ1) is 10.2. The normalized spacial score (nSPS) is 8.55. The topological polar surface area (TPSA) is 3.24 Å². The van der Waals surface area contributed by atoms with Crippen LogP contribution in [0.2, 0.25) is 0 Å². The van der Waals surface area contributed by atoms with Crippen LogP contribution in [0.4, 0.5) is 10.2 Å². The van der Waals surface area contributed by atoms with Crippen LogP contribution in [0.5, 0.6) is 0 Å². The highest BCUT2D eigenvalue weighted by Gasteiger charge is 1.97. The molecule has 0 fully saturated rings. The fraction of sp³-hybridized carbons (Fsp3) is 0.250. The van der Waals surface area contributed by atoms with Gasteiger partial charge >= 0.3 is 0 Å². The highest BCUT2D eigenvalue weighted by Crippen LogP contribution is 2.11. The lowest BCUT2D eigenvalue weighted by molar-refractivity contribution is 0.445. The van der Waals surface area contributed by atoms with Gasteiger partial charge in [-0.3, -0.25) is 0 Å². The van der Waals surface area contributed by atoms with Gasteiger partial charge in [-0.15, -0.1) is 12.4 Å². The number of nitrogens with zero attached hydrogens (tertiary/aromatic N) is 1. The maximum atomic E-state index is 12.7. The third-order valence-electron chi connectivity index (χ3n) is 1.31. The van der Waals surface area contributed by atoms with Crippen molar-refractivity contribution in [3.05, 3.63) is 30.3 Å². The first-order valence-electron chi connectivity index (χ1n) is 3.33. The number of hydrogen-bond donors (Lipinski definition) is 0. The summed E-state index contributed by atoms with van der Waals surface area (Å²) in [4.78, 5) is 0. The van der Waals surface area contributed by atoms with E-state index in [1.54, 1.807) is 19.1 Å². The van der Waals surface area contributed by atoms with Gasteiger partial charge in [0, 0.05) is 6.54 Å². The molecule has 0 atom stereocenters. The summed E-state index contributed by atoms with van der Waals surface area (Å²) in [7, 11) is 0. The lowest BCUT2D eigenvalue weighted by Gasteiger charge is -2.09. The molecule has 0 aromatic heterocycles. The van der Waals surface area contributed by atoms with Gasteiger partial charge in [-0.25, -0.2) is 5.12 Å². The van der Waals surface area contributed by atoms with Gasteiger partial charge in [0.25, 0.3) is 0 Å². The van der Waals surface area contributed by atoms with Crippen LogP contribution in [0.15, 0.2) is 30.3 Å². The van der Waals surface area contributed by atoms with Crippen LogP contribution in [0.25, 0.3) is 0 Å². The molecular formula is C8H11ClFN. The van der Waals surface area contributed by atoms with Crippen molar-refractivity contribution in [3.63, 3.8) is 0 Å². The second-order valence-corrected chi connectivity index (χ2v) is 2.01. The molecule has 3 heteroatoms. The second-order valence-electron chi connectivity index (χ2n) is 2.01. The van der Waals surface area contributed by atoms with Crippen molar-refractivity contribution in [3.8, 4) is 0 Å². The average Bonchev–Trinajstić information content (AvgIpc) is 2.05. The van der Waals surface area contributed by atoms with E-state index in [0.717, 1.165) is 0 Å². The minimum absolute atomic E-state index is 0. The quantitative estimate of drug-likeness (QED) is 0.625. The molecule has 0 amide bonds. The van der Waals surface area contributed by atoms with Gasteiger partial charge in [0.15, 0.2) is 0 Å². The van der Waals surface area contributed by atoms with Gasteiger partial charge in [0.1, 0.15) is 0 Å². The monoisotopic (exact) mass is 175 g/mol. The molecule has 11 heavy (non-hydrogen) atoms. The van der Waals surface area contributed by atoms with E-state index in [4.69, 9.17) is 0 Å². The van der Waals surface area contributed by atoms with Crippen LogP contribution in [-0.2, 0) is 0 Å². The number of benzene rings is 1. The molecule has 0 unspecified atom stereocenters. The van der Waals surface area contributed by atoms with E-state index in [2.05, 4.69) is 0 Å². The minimum atomic E-state index is 0. The Kier molecular flexibility index (Phi) is 4.62. The lowest BCUT2D eigenvalue weighted by Crippen LogP contribution is -2.09. The van der Waals surface area contributed by atoms with Crippen molar-refractivity contribution in [2.24, 2.45) is 0 Å². The van der Waals surface area contributed by atoms with E-state index >= 15 is 0 Å².